The molecule has 0 bridgehead atoms. The van der Waals surface area contributed by atoms with Gasteiger partial charge in [-0.15, -0.1) is 0 Å². The molecule has 0 unspecified atom stereocenters. The van der Waals surface area contributed by atoms with Crippen LogP contribution < -0.4 is 10.2 Å². The number of aliphatic imine (C=N–C) groups is 1. The van der Waals surface area contributed by atoms with Gasteiger partial charge in [-0.3, -0.25) is 4.99 Å². The van der Waals surface area contributed by atoms with Crippen molar-refractivity contribution in [2.75, 3.05) is 23.3 Å². The minimum absolute atomic E-state index is 0.434. The first-order valence-electron chi connectivity index (χ1n) is 10.3. The number of benzene rings is 2. The van der Waals surface area contributed by atoms with Crippen LogP contribution >= 0.6 is 0 Å². The number of fused-ring (bicyclic) bond motifs is 2. The van der Waals surface area contributed by atoms with Gasteiger partial charge in [0, 0.05) is 41.7 Å². The molecular weight excluding hydrogens is 391 g/mol. The lowest BCUT2D eigenvalue weighted by Gasteiger charge is -2.43. The summed E-state index contributed by atoms with van der Waals surface area (Å²) in [6, 6.07) is 14.3. The van der Waals surface area contributed by atoms with Gasteiger partial charge in [0.05, 0.1) is 25.3 Å². The Morgan fingerprint density at radius 1 is 1.10 bits per heavy atom. The summed E-state index contributed by atoms with van der Waals surface area (Å²) in [7, 11) is 0. The van der Waals surface area contributed by atoms with E-state index >= 15 is 0 Å². The molecule has 31 heavy (non-hydrogen) atoms. The quantitative estimate of drug-likeness (QED) is 0.531. The third-order valence-corrected chi connectivity index (χ3v) is 5.84. The molecule has 4 heterocycles. The molecule has 1 N–H and O–H groups in total. The Morgan fingerprint density at radius 2 is 1.94 bits per heavy atom. The van der Waals surface area contributed by atoms with Crippen LogP contribution in [0.25, 0.3) is 16.9 Å². The minimum Gasteiger partial charge on any atom is -0.365 e. The van der Waals surface area contributed by atoms with Crippen molar-refractivity contribution in [3.8, 4) is 11.3 Å². The zero-order valence-corrected chi connectivity index (χ0v) is 17.1. The lowest BCUT2D eigenvalue weighted by molar-refractivity contribution is 0.144. The zero-order chi connectivity index (χ0) is 21.0. The molecule has 2 aromatic carbocycles. The molecule has 2 aromatic heterocycles. The van der Waals surface area contributed by atoms with E-state index in [1.54, 1.807) is 13.1 Å². The average molecular weight is 412 g/mol. The number of nitrogens with one attached hydrogen (secondary N) is 1. The predicted molar refractivity (Wildman–Crippen MR) is 121 cm³/mol. The molecular formula is C24H21FN6. The highest BCUT2D eigenvalue weighted by Gasteiger charge is 2.38. The minimum atomic E-state index is -1.09. The van der Waals surface area contributed by atoms with Crippen molar-refractivity contribution >= 4 is 29.1 Å². The van der Waals surface area contributed by atoms with E-state index in [0.29, 0.717) is 25.5 Å². The standard InChI is InChI=1S/C24H21FN6/c1-24(25)14-31(15-24)20-6-4-19(5-7-20)28-22-23-27-8-9-30(23)13-21(29-22)16-2-3-17-11-26-12-18(17)10-16/h2-11,13H,12,14-15H2,1H3,(H,28,29). The number of aromatic nitrogens is 3. The lowest BCUT2D eigenvalue weighted by atomic mass is 9.98. The third kappa shape index (κ3) is 3.22. The summed E-state index contributed by atoms with van der Waals surface area (Å²) in [6.45, 7) is 3.22. The van der Waals surface area contributed by atoms with E-state index in [-0.39, 0.29) is 0 Å². The normalized spacial score (nSPS) is 16.4. The molecule has 1 fully saturated rings. The number of imidazole rings is 1. The Morgan fingerprint density at radius 3 is 2.74 bits per heavy atom. The molecule has 0 spiro atoms. The SMILES string of the molecule is CC1(F)CN(c2ccc(Nc3nc(-c4ccc5c(c4)CN=C5)cn4ccnc34)cc2)C1. The van der Waals surface area contributed by atoms with Gasteiger partial charge in [0.25, 0.3) is 0 Å². The second kappa shape index (κ2) is 6.63. The monoisotopic (exact) mass is 412 g/mol. The summed E-state index contributed by atoms with van der Waals surface area (Å²) in [5, 5.41) is 3.40. The van der Waals surface area contributed by atoms with E-state index in [1.165, 1.54) is 11.1 Å². The molecule has 6 nitrogen and oxygen atoms in total. The van der Waals surface area contributed by atoms with E-state index in [2.05, 4.69) is 33.5 Å². The number of nitrogens with zero attached hydrogens (tertiary/aromatic N) is 5. The summed E-state index contributed by atoms with van der Waals surface area (Å²) in [4.78, 5) is 15.7. The highest BCUT2D eigenvalue weighted by molar-refractivity contribution is 5.86. The number of hydrogen-bond acceptors (Lipinski definition) is 5. The van der Waals surface area contributed by atoms with Crippen LogP contribution in [0.2, 0.25) is 0 Å². The largest absolute Gasteiger partial charge is 0.365 e. The Hall–Kier alpha value is -3.74. The lowest BCUT2D eigenvalue weighted by Crippen LogP contribution is -2.57. The van der Waals surface area contributed by atoms with E-state index in [0.717, 1.165) is 28.3 Å². The van der Waals surface area contributed by atoms with Crippen molar-refractivity contribution in [2.24, 2.45) is 4.99 Å². The van der Waals surface area contributed by atoms with Crippen LogP contribution in [0, 0.1) is 0 Å². The highest BCUT2D eigenvalue weighted by Crippen LogP contribution is 2.32. The molecule has 7 heteroatoms. The average Bonchev–Trinajstić information content (AvgIpc) is 3.41. The Balaban J connectivity index is 1.31. The first-order chi connectivity index (χ1) is 15.0. The predicted octanol–water partition coefficient (Wildman–Crippen LogP) is 4.62. The van der Waals surface area contributed by atoms with Gasteiger partial charge < -0.3 is 14.6 Å². The van der Waals surface area contributed by atoms with Gasteiger partial charge in [-0.25, -0.2) is 14.4 Å². The summed E-state index contributed by atoms with van der Waals surface area (Å²) in [5.74, 6) is 0.687. The van der Waals surface area contributed by atoms with E-state index < -0.39 is 5.67 Å². The van der Waals surface area contributed by atoms with Gasteiger partial charge in [0.1, 0.15) is 5.67 Å². The third-order valence-electron chi connectivity index (χ3n) is 5.84. The fourth-order valence-corrected chi connectivity index (χ4v) is 4.25. The van der Waals surface area contributed by atoms with Crippen molar-refractivity contribution in [3.63, 3.8) is 0 Å². The van der Waals surface area contributed by atoms with Gasteiger partial charge in [-0.05, 0) is 48.4 Å². The molecule has 6 rings (SSSR count). The summed E-state index contributed by atoms with van der Waals surface area (Å²) >= 11 is 0. The maximum absolute atomic E-state index is 13.8. The van der Waals surface area contributed by atoms with Crippen LogP contribution in [0.15, 0.2) is 66.0 Å². The molecule has 1 saturated heterocycles. The van der Waals surface area contributed by atoms with E-state index in [1.807, 2.05) is 52.2 Å². The molecule has 0 amide bonds. The second-order valence-electron chi connectivity index (χ2n) is 8.46. The molecule has 0 radical (unpaired) electrons. The van der Waals surface area contributed by atoms with Crippen LogP contribution in [0.4, 0.5) is 21.6 Å². The number of rotatable bonds is 4. The molecule has 0 atom stereocenters. The first kappa shape index (κ1) is 18.1. The molecule has 0 aliphatic carbocycles. The number of halogens is 1. The van der Waals surface area contributed by atoms with Crippen molar-refractivity contribution in [1.82, 2.24) is 14.4 Å². The Kier molecular flexibility index (Phi) is 3.86. The number of hydrogen-bond donors (Lipinski definition) is 1. The molecule has 2 aliphatic rings. The Bertz CT molecular complexity index is 1310. The maximum atomic E-state index is 13.8. The fourth-order valence-electron chi connectivity index (χ4n) is 4.25. The fraction of sp³-hybridized carbons (Fsp3) is 0.208. The second-order valence-corrected chi connectivity index (χ2v) is 8.46. The highest BCUT2D eigenvalue weighted by atomic mass is 19.1. The van der Waals surface area contributed by atoms with Crippen molar-refractivity contribution in [1.29, 1.82) is 0 Å². The number of alkyl halides is 1. The molecule has 4 aromatic rings. The van der Waals surface area contributed by atoms with Crippen LogP contribution in [-0.4, -0.2) is 39.3 Å². The van der Waals surface area contributed by atoms with Crippen LogP contribution in [0.3, 0.4) is 0 Å². The van der Waals surface area contributed by atoms with Gasteiger partial charge in [0.2, 0.25) is 0 Å². The van der Waals surface area contributed by atoms with Crippen LogP contribution in [0.5, 0.6) is 0 Å². The van der Waals surface area contributed by atoms with Gasteiger partial charge in [-0.2, -0.15) is 0 Å². The zero-order valence-electron chi connectivity index (χ0n) is 17.1. The first-order valence-corrected chi connectivity index (χ1v) is 10.3. The van der Waals surface area contributed by atoms with E-state index in [4.69, 9.17) is 4.98 Å². The van der Waals surface area contributed by atoms with Crippen LogP contribution in [-0.2, 0) is 6.54 Å². The topological polar surface area (TPSA) is 57.8 Å². The van der Waals surface area contributed by atoms with Crippen molar-refractivity contribution < 1.29 is 4.39 Å². The molecule has 2 aliphatic heterocycles. The van der Waals surface area contributed by atoms with Gasteiger partial charge in [-0.1, -0.05) is 12.1 Å². The van der Waals surface area contributed by atoms with Gasteiger partial charge >= 0.3 is 0 Å². The molecule has 0 saturated carbocycles. The maximum Gasteiger partial charge on any atom is 0.180 e. The van der Waals surface area contributed by atoms with Crippen molar-refractivity contribution in [2.45, 2.75) is 19.1 Å². The molecule has 154 valence electrons. The van der Waals surface area contributed by atoms with Crippen molar-refractivity contribution in [3.05, 3.63) is 72.2 Å². The number of anilines is 3. The van der Waals surface area contributed by atoms with E-state index in [9.17, 15) is 4.39 Å². The van der Waals surface area contributed by atoms with Gasteiger partial charge in [0.15, 0.2) is 11.5 Å². The van der Waals surface area contributed by atoms with Crippen LogP contribution in [0.1, 0.15) is 18.1 Å². The summed E-state index contributed by atoms with van der Waals surface area (Å²) < 4.78 is 15.8. The summed E-state index contributed by atoms with van der Waals surface area (Å²) in [5.41, 5.74) is 5.89. The Labute approximate surface area is 179 Å². The summed E-state index contributed by atoms with van der Waals surface area (Å²) in [6.07, 6.45) is 7.59. The smallest absolute Gasteiger partial charge is 0.180 e.